The SMILES string of the molecule is O=C(O)CCC(NC(=O)C1C2CCCCC21)c1ccccc1. The summed E-state index contributed by atoms with van der Waals surface area (Å²) in [6, 6.07) is 9.47. The van der Waals surface area contributed by atoms with Gasteiger partial charge in [-0.05, 0) is 36.7 Å². The molecule has 4 heteroatoms. The third-order valence-electron chi connectivity index (χ3n) is 5.12. The smallest absolute Gasteiger partial charge is 0.303 e. The van der Waals surface area contributed by atoms with Crippen molar-refractivity contribution >= 4 is 11.9 Å². The highest BCUT2D eigenvalue weighted by Gasteiger charge is 2.54. The Morgan fingerprint density at radius 2 is 1.77 bits per heavy atom. The second-order valence-corrected chi connectivity index (χ2v) is 6.54. The number of carbonyl (C=O) groups is 2. The minimum absolute atomic E-state index is 0.0668. The Morgan fingerprint density at radius 3 is 2.36 bits per heavy atom. The van der Waals surface area contributed by atoms with Crippen LogP contribution in [0.5, 0.6) is 0 Å². The van der Waals surface area contributed by atoms with Gasteiger partial charge in [-0.1, -0.05) is 43.2 Å². The van der Waals surface area contributed by atoms with E-state index in [-0.39, 0.29) is 24.3 Å². The minimum atomic E-state index is -0.824. The molecule has 1 aromatic carbocycles. The molecule has 2 saturated carbocycles. The number of nitrogens with one attached hydrogen (secondary N) is 1. The van der Waals surface area contributed by atoms with Crippen LogP contribution in [0.1, 0.15) is 50.1 Å². The van der Waals surface area contributed by atoms with Gasteiger partial charge in [-0.3, -0.25) is 9.59 Å². The number of carbonyl (C=O) groups excluding carboxylic acids is 1. The van der Waals surface area contributed by atoms with Gasteiger partial charge in [0.15, 0.2) is 0 Å². The largest absolute Gasteiger partial charge is 0.481 e. The highest BCUT2D eigenvalue weighted by molar-refractivity contribution is 5.82. The van der Waals surface area contributed by atoms with Gasteiger partial charge in [-0.2, -0.15) is 0 Å². The van der Waals surface area contributed by atoms with Gasteiger partial charge in [0.25, 0.3) is 0 Å². The van der Waals surface area contributed by atoms with Crippen molar-refractivity contribution in [1.29, 1.82) is 0 Å². The highest BCUT2D eigenvalue weighted by atomic mass is 16.4. The number of carboxylic acid groups (broad SMARTS) is 1. The van der Waals surface area contributed by atoms with Crippen LogP contribution in [0.15, 0.2) is 30.3 Å². The first kappa shape index (κ1) is 15.1. The molecule has 2 aliphatic carbocycles. The van der Waals surface area contributed by atoms with Crippen LogP contribution in [0.25, 0.3) is 0 Å². The van der Waals surface area contributed by atoms with Gasteiger partial charge in [0, 0.05) is 12.3 Å². The normalized spacial score (nSPS) is 27.5. The molecule has 2 aliphatic rings. The molecule has 3 atom stereocenters. The summed E-state index contributed by atoms with van der Waals surface area (Å²) in [7, 11) is 0. The monoisotopic (exact) mass is 301 g/mol. The lowest BCUT2D eigenvalue weighted by Gasteiger charge is -2.18. The van der Waals surface area contributed by atoms with E-state index < -0.39 is 5.97 Å². The third-order valence-corrected chi connectivity index (χ3v) is 5.12. The molecule has 0 aliphatic heterocycles. The van der Waals surface area contributed by atoms with Crippen LogP contribution in [0, 0.1) is 17.8 Å². The Morgan fingerprint density at radius 1 is 1.14 bits per heavy atom. The van der Waals surface area contributed by atoms with Crippen molar-refractivity contribution in [2.75, 3.05) is 0 Å². The minimum Gasteiger partial charge on any atom is -0.481 e. The molecule has 0 bridgehead atoms. The summed E-state index contributed by atoms with van der Waals surface area (Å²) in [5.74, 6) is 0.610. The Kier molecular flexibility index (Phi) is 4.46. The number of aliphatic carboxylic acids is 1. The van der Waals surface area contributed by atoms with Crippen LogP contribution >= 0.6 is 0 Å². The fourth-order valence-electron chi connectivity index (χ4n) is 3.92. The average molecular weight is 301 g/mol. The molecule has 0 heterocycles. The van der Waals surface area contributed by atoms with Crippen LogP contribution in [0.2, 0.25) is 0 Å². The molecule has 3 unspecified atom stereocenters. The lowest BCUT2D eigenvalue weighted by atomic mass is 10.0. The molecule has 0 saturated heterocycles. The number of rotatable bonds is 6. The van der Waals surface area contributed by atoms with Crippen LogP contribution in [-0.4, -0.2) is 17.0 Å². The van der Waals surface area contributed by atoms with Gasteiger partial charge in [-0.25, -0.2) is 0 Å². The molecule has 0 spiro atoms. The summed E-state index contributed by atoms with van der Waals surface area (Å²) in [5.41, 5.74) is 0.987. The summed E-state index contributed by atoms with van der Waals surface area (Å²) in [6.07, 6.45) is 5.34. The van der Waals surface area contributed by atoms with E-state index in [0.29, 0.717) is 18.3 Å². The molecule has 22 heavy (non-hydrogen) atoms. The summed E-state index contributed by atoms with van der Waals surface area (Å²) in [5, 5.41) is 12.0. The van der Waals surface area contributed by atoms with Crippen LogP contribution in [0.3, 0.4) is 0 Å². The zero-order chi connectivity index (χ0) is 15.5. The quantitative estimate of drug-likeness (QED) is 0.848. The number of benzene rings is 1. The van der Waals surface area contributed by atoms with Crippen molar-refractivity contribution in [3.05, 3.63) is 35.9 Å². The van der Waals surface area contributed by atoms with Crippen molar-refractivity contribution in [3.63, 3.8) is 0 Å². The highest BCUT2D eigenvalue weighted by Crippen LogP contribution is 2.55. The van der Waals surface area contributed by atoms with Gasteiger partial charge in [-0.15, -0.1) is 0 Å². The van der Waals surface area contributed by atoms with Crippen LogP contribution in [0.4, 0.5) is 0 Å². The maximum Gasteiger partial charge on any atom is 0.303 e. The van der Waals surface area contributed by atoms with Crippen molar-refractivity contribution in [3.8, 4) is 0 Å². The molecule has 2 fully saturated rings. The Balaban J connectivity index is 1.64. The fraction of sp³-hybridized carbons (Fsp3) is 0.556. The molecule has 1 amide bonds. The van der Waals surface area contributed by atoms with Gasteiger partial charge < -0.3 is 10.4 Å². The Bertz CT molecular complexity index is 531. The van der Waals surface area contributed by atoms with Crippen LogP contribution < -0.4 is 5.32 Å². The predicted molar refractivity (Wildman–Crippen MR) is 83.1 cm³/mol. The van der Waals surface area contributed by atoms with Gasteiger partial charge in [0.1, 0.15) is 0 Å². The molecular formula is C18H23NO3. The maximum atomic E-state index is 12.5. The summed E-state index contributed by atoms with van der Waals surface area (Å²) in [6.45, 7) is 0. The van der Waals surface area contributed by atoms with E-state index in [1.807, 2.05) is 30.3 Å². The molecule has 2 N–H and O–H groups in total. The maximum absolute atomic E-state index is 12.5. The zero-order valence-corrected chi connectivity index (χ0v) is 12.7. The summed E-state index contributed by atoms with van der Waals surface area (Å²) < 4.78 is 0. The van der Waals surface area contributed by atoms with E-state index in [2.05, 4.69) is 5.32 Å². The fourth-order valence-corrected chi connectivity index (χ4v) is 3.92. The van der Waals surface area contributed by atoms with E-state index in [9.17, 15) is 9.59 Å². The van der Waals surface area contributed by atoms with Crippen LogP contribution in [-0.2, 0) is 9.59 Å². The molecular weight excluding hydrogens is 278 g/mol. The van der Waals surface area contributed by atoms with E-state index in [1.165, 1.54) is 25.7 Å². The number of fused-ring (bicyclic) bond motifs is 1. The van der Waals surface area contributed by atoms with E-state index in [1.54, 1.807) is 0 Å². The summed E-state index contributed by atoms with van der Waals surface area (Å²) >= 11 is 0. The lowest BCUT2D eigenvalue weighted by molar-refractivity contribution is -0.137. The molecule has 1 aromatic rings. The van der Waals surface area contributed by atoms with E-state index >= 15 is 0 Å². The second kappa shape index (κ2) is 6.51. The first-order valence-electron chi connectivity index (χ1n) is 8.24. The molecule has 4 nitrogen and oxygen atoms in total. The zero-order valence-electron chi connectivity index (χ0n) is 12.7. The Hall–Kier alpha value is -1.84. The van der Waals surface area contributed by atoms with Gasteiger partial charge in [0.2, 0.25) is 5.91 Å². The lowest BCUT2D eigenvalue weighted by Crippen LogP contribution is -2.31. The third kappa shape index (κ3) is 3.32. The van der Waals surface area contributed by atoms with E-state index in [0.717, 1.165) is 5.56 Å². The first-order chi connectivity index (χ1) is 10.7. The number of hydrogen-bond donors (Lipinski definition) is 2. The van der Waals surface area contributed by atoms with Crippen molar-refractivity contribution in [2.24, 2.45) is 17.8 Å². The Labute approximate surface area is 130 Å². The predicted octanol–water partition coefficient (Wildman–Crippen LogP) is 3.14. The molecule has 0 aromatic heterocycles. The van der Waals surface area contributed by atoms with Crippen molar-refractivity contribution in [1.82, 2.24) is 5.32 Å². The van der Waals surface area contributed by atoms with Gasteiger partial charge in [0.05, 0.1) is 6.04 Å². The standard InChI is InChI=1S/C18H23NO3/c20-16(21)11-10-15(12-6-2-1-3-7-12)19-18(22)17-13-8-4-5-9-14(13)17/h1-3,6-7,13-15,17H,4-5,8-11H2,(H,19,22)(H,20,21). The topological polar surface area (TPSA) is 66.4 Å². The second-order valence-electron chi connectivity index (χ2n) is 6.54. The average Bonchev–Trinajstić information content (AvgIpc) is 3.26. The number of carboxylic acids is 1. The van der Waals surface area contributed by atoms with Crippen molar-refractivity contribution < 1.29 is 14.7 Å². The number of hydrogen-bond acceptors (Lipinski definition) is 2. The summed E-state index contributed by atoms with van der Waals surface area (Å²) in [4.78, 5) is 23.4. The van der Waals surface area contributed by atoms with E-state index in [4.69, 9.17) is 5.11 Å². The number of amides is 1. The molecule has 0 radical (unpaired) electrons. The molecule has 118 valence electrons. The van der Waals surface area contributed by atoms with Gasteiger partial charge >= 0.3 is 5.97 Å². The van der Waals surface area contributed by atoms with Crippen molar-refractivity contribution in [2.45, 2.75) is 44.6 Å². The molecule has 3 rings (SSSR count). The first-order valence-corrected chi connectivity index (χ1v) is 8.24.